The first-order valence-electron chi connectivity index (χ1n) is 22.6. The number of aromatic nitrogens is 6. The van der Waals surface area contributed by atoms with Gasteiger partial charge in [-0.1, -0.05) is 84.9 Å². The van der Waals surface area contributed by atoms with Gasteiger partial charge >= 0.3 is 23.1 Å². The fraction of sp³-hybridized carbons (Fsp3) is 0.212. The van der Waals surface area contributed by atoms with Crippen molar-refractivity contribution in [1.82, 2.24) is 29.4 Å². The lowest BCUT2D eigenvalue weighted by Gasteiger charge is -2.19. The molecule has 0 aliphatic rings. The summed E-state index contributed by atoms with van der Waals surface area (Å²) in [6.07, 6.45) is 2.70. The van der Waals surface area contributed by atoms with Crippen molar-refractivity contribution in [2.75, 3.05) is 34.9 Å². The van der Waals surface area contributed by atoms with Crippen molar-refractivity contribution in [3.8, 4) is 0 Å². The Morgan fingerprint density at radius 2 is 0.972 bits per heavy atom. The molecule has 71 heavy (non-hydrogen) atoms. The van der Waals surface area contributed by atoms with Gasteiger partial charge in [0.2, 0.25) is 5.91 Å². The first-order chi connectivity index (χ1) is 34.4. The summed E-state index contributed by atoms with van der Waals surface area (Å²) >= 11 is 0. The number of benzene rings is 4. The molecule has 0 aliphatic carbocycles. The summed E-state index contributed by atoms with van der Waals surface area (Å²) in [5, 5.41) is 10.1. The second-order valence-corrected chi connectivity index (χ2v) is 15.8. The summed E-state index contributed by atoms with van der Waals surface area (Å²) in [7, 11) is 0. The Labute approximate surface area is 407 Å². The van der Waals surface area contributed by atoms with E-state index in [2.05, 4.69) is 35.9 Å². The van der Waals surface area contributed by atoms with Crippen molar-refractivity contribution in [1.29, 1.82) is 0 Å². The van der Waals surface area contributed by atoms with Gasteiger partial charge in [0.25, 0.3) is 0 Å². The van der Waals surface area contributed by atoms with E-state index in [1.807, 2.05) is 84.9 Å². The van der Waals surface area contributed by atoms with Crippen molar-refractivity contribution in [2.45, 2.75) is 60.9 Å². The molecule has 0 saturated heterocycles. The van der Waals surface area contributed by atoms with Gasteiger partial charge in [0.05, 0.1) is 46.7 Å². The summed E-state index contributed by atoms with van der Waals surface area (Å²) < 4.78 is 12.5. The van der Waals surface area contributed by atoms with E-state index in [9.17, 15) is 24.0 Å². The van der Waals surface area contributed by atoms with E-state index in [0.29, 0.717) is 45.8 Å². The maximum absolute atomic E-state index is 13.6. The highest BCUT2D eigenvalue weighted by molar-refractivity contribution is 6.06. The number of nitrogen functional groups attached to an aromatic ring is 1. The number of fused-ring (bicyclic) bond motifs is 2. The number of ether oxygens (including phenoxy) is 2. The van der Waals surface area contributed by atoms with E-state index < -0.39 is 23.1 Å². The number of esters is 2. The Balaban J connectivity index is 0.000000209. The minimum atomic E-state index is -0.779. The quantitative estimate of drug-likeness (QED) is 0.0556. The van der Waals surface area contributed by atoms with E-state index in [1.165, 1.54) is 19.6 Å². The number of pyridine rings is 2. The van der Waals surface area contributed by atoms with Crippen LogP contribution in [0.15, 0.2) is 131 Å². The number of hydrogen-bond acceptors (Lipinski definition) is 16. The highest BCUT2D eigenvalue weighted by Gasteiger charge is 2.28. The Hall–Kier alpha value is -9.13. The maximum Gasteiger partial charge on any atom is 0.346 e. The van der Waals surface area contributed by atoms with Crippen molar-refractivity contribution in [3.63, 3.8) is 0 Å². The second kappa shape index (κ2) is 23.3. The molecule has 0 spiro atoms. The first kappa shape index (κ1) is 49.8. The third-order valence-electron chi connectivity index (χ3n) is 10.8. The van der Waals surface area contributed by atoms with Crippen LogP contribution in [0.2, 0.25) is 0 Å². The monoisotopic (exact) mass is 960 g/mol. The Kier molecular flexibility index (Phi) is 16.3. The van der Waals surface area contributed by atoms with Crippen LogP contribution < -0.4 is 42.5 Å². The number of nitrogens with zero attached hydrogens (tertiary/aromatic N) is 6. The van der Waals surface area contributed by atoms with E-state index in [-0.39, 0.29) is 67.0 Å². The molecule has 0 aliphatic heterocycles. The van der Waals surface area contributed by atoms with Gasteiger partial charge in [0, 0.05) is 31.4 Å². The molecule has 19 nitrogen and oxygen atoms in total. The number of rotatable bonds is 17. The number of nitrogens with two attached hydrogens (primary N) is 1. The summed E-state index contributed by atoms with van der Waals surface area (Å²) in [5.74, 6) is -1.70. The Morgan fingerprint density at radius 1 is 0.563 bits per heavy atom. The smallest absolute Gasteiger partial charge is 0.346 e. The number of carbonyl (C=O) groups is 3. The van der Waals surface area contributed by atoms with Crippen LogP contribution in [0, 0.1) is 13.8 Å². The molecule has 364 valence electrons. The molecular weight excluding hydrogens is 909 g/mol. The van der Waals surface area contributed by atoms with Gasteiger partial charge in [-0.2, -0.15) is 0 Å². The molecule has 0 saturated carbocycles. The van der Waals surface area contributed by atoms with Crippen molar-refractivity contribution in [2.24, 2.45) is 0 Å². The molecule has 8 rings (SSSR count). The lowest BCUT2D eigenvalue weighted by atomic mass is 10.1. The highest BCUT2D eigenvalue weighted by atomic mass is 16.7. The van der Waals surface area contributed by atoms with Crippen molar-refractivity contribution < 1.29 is 33.5 Å². The van der Waals surface area contributed by atoms with Gasteiger partial charge in [-0.15, -0.1) is 9.46 Å². The minimum Gasteiger partial charge on any atom is -0.462 e. The van der Waals surface area contributed by atoms with Crippen LogP contribution >= 0.6 is 0 Å². The normalized spacial score (nSPS) is 10.7. The molecule has 4 heterocycles. The first-order valence-corrected chi connectivity index (χ1v) is 22.6. The lowest BCUT2D eigenvalue weighted by Crippen LogP contribution is -2.34. The molecule has 0 fully saturated rings. The van der Waals surface area contributed by atoms with Crippen molar-refractivity contribution >= 4 is 62.7 Å². The van der Waals surface area contributed by atoms with Gasteiger partial charge in [0.1, 0.15) is 25.9 Å². The number of hydrogen-bond donors (Lipinski definition) is 4. The average molecular weight is 961 g/mol. The molecular formula is C52H52N10O9. The van der Waals surface area contributed by atoms with E-state index in [1.54, 1.807) is 52.0 Å². The standard InChI is InChI=1S/C27H27N5O5.C25H25N5O4/c1-4-36-27(35)23-24(28-14-19-10-12-21(13-11-19)31-18(3)33)22-17(2)29-16-30-25(22)32(26(23)34)37-15-20-8-6-5-7-9-20;1-3-33-25(32)21-22(27-13-17-9-11-19(26)12-10-17)20-16(2)28-15-29-23(20)30(24(21)31)34-14-18-7-5-4-6-8-18/h5-13,16,28H,4,14-15H2,1-3H3,(H,31,33);4-12,15,27H,3,13-14,26H2,1-2H3. The van der Waals surface area contributed by atoms with Crippen LogP contribution in [0.3, 0.4) is 0 Å². The fourth-order valence-corrected chi connectivity index (χ4v) is 7.41. The summed E-state index contributed by atoms with van der Waals surface area (Å²) in [6, 6.07) is 33.2. The zero-order chi connectivity index (χ0) is 50.4. The summed E-state index contributed by atoms with van der Waals surface area (Å²) in [4.78, 5) is 93.3. The van der Waals surface area contributed by atoms with Crippen LogP contribution in [-0.4, -0.2) is 60.5 Å². The number of anilines is 4. The van der Waals surface area contributed by atoms with Gasteiger partial charge < -0.3 is 40.8 Å². The predicted molar refractivity (Wildman–Crippen MR) is 269 cm³/mol. The molecule has 1 amide bonds. The van der Waals surface area contributed by atoms with Gasteiger partial charge in [-0.3, -0.25) is 14.4 Å². The molecule has 0 radical (unpaired) electrons. The molecule has 4 aromatic carbocycles. The molecule has 0 unspecified atom stereocenters. The number of carbonyl (C=O) groups excluding carboxylic acids is 3. The van der Waals surface area contributed by atoms with E-state index in [0.717, 1.165) is 31.7 Å². The third kappa shape index (κ3) is 11.9. The molecule has 0 bridgehead atoms. The zero-order valence-electron chi connectivity index (χ0n) is 39.7. The van der Waals surface area contributed by atoms with Gasteiger partial charge in [-0.05, 0) is 74.2 Å². The van der Waals surface area contributed by atoms with E-state index >= 15 is 0 Å². The molecule has 8 aromatic rings. The third-order valence-corrected chi connectivity index (χ3v) is 10.8. The maximum atomic E-state index is 13.6. The average Bonchev–Trinajstić information content (AvgIpc) is 3.36. The molecule has 0 atom stereocenters. The van der Waals surface area contributed by atoms with E-state index in [4.69, 9.17) is 24.9 Å². The van der Waals surface area contributed by atoms with Crippen molar-refractivity contribution in [3.05, 3.63) is 187 Å². The molecule has 19 heteroatoms. The van der Waals surface area contributed by atoms with Crippen LogP contribution in [0.5, 0.6) is 0 Å². The largest absolute Gasteiger partial charge is 0.462 e. The Bertz CT molecular complexity index is 3290. The number of nitrogens with one attached hydrogen (secondary N) is 3. The number of aryl methyl sites for hydroxylation is 2. The summed E-state index contributed by atoms with van der Waals surface area (Å²) in [5.41, 5.74) is 11.0. The van der Waals surface area contributed by atoms with Crippen LogP contribution in [0.1, 0.15) is 75.1 Å². The topological polar surface area (TPSA) is 246 Å². The minimum absolute atomic E-state index is 0.0919. The summed E-state index contributed by atoms with van der Waals surface area (Å²) in [6.45, 7) is 9.35. The second-order valence-electron chi connectivity index (χ2n) is 15.8. The number of amides is 1. The highest BCUT2D eigenvalue weighted by Crippen LogP contribution is 2.29. The van der Waals surface area contributed by atoms with Crippen LogP contribution in [0.4, 0.5) is 22.7 Å². The van der Waals surface area contributed by atoms with Gasteiger partial charge in [-0.25, -0.2) is 29.5 Å². The molecule has 4 aromatic heterocycles. The van der Waals surface area contributed by atoms with Crippen LogP contribution in [0.25, 0.3) is 22.1 Å². The zero-order valence-corrected chi connectivity index (χ0v) is 39.7. The Morgan fingerprint density at radius 3 is 1.37 bits per heavy atom. The molecule has 5 N–H and O–H groups in total. The SMILES string of the molecule is CCOC(=O)c1c(NCc2ccc(N)cc2)c2c(C)ncnc2n(OCc2ccccc2)c1=O.CCOC(=O)c1c(NCc2ccc(NC(C)=O)cc2)c2c(C)ncnc2n(OCc2ccccc2)c1=O. The fourth-order valence-electron chi connectivity index (χ4n) is 7.41. The predicted octanol–water partition coefficient (Wildman–Crippen LogP) is 6.58. The van der Waals surface area contributed by atoms with Crippen LogP contribution in [-0.2, 0) is 40.6 Å². The lowest BCUT2D eigenvalue weighted by molar-refractivity contribution is -0.114. The van der Waals surface area contributed by atoms with Gasteiger partial charge in [0.15, 0.2) is 22.4 Å².